The van der Waals surface area contributed by atoms with Gasteiger partial charge in [-0.2, -0.15) is 0 Å². The highest BCUT2D eigenvalue weighted by molar-refractivity contribution is 7.46. The maximum atomic E-state index is 10.9. The fourth-order valence-electron chi connectivity index (χ4n) is 3.20. The molecule has 3 aromatic rings. The summed E-state index contributed by atoms with van der Waals surface area (Å²) in [7, 11) is -4.81. The van der Waals surface area contributed by atoms with E-state index in [0.29, 0.717) is 17.0 Å². The summed E-state index contributed by atoms with van der Waals surface area (Å²) in [6.45, 7) is -0.689. The second kappa shape index (κ2) is 9.37. The Morgan fingerprint density at radius 3 is 2.76 bits per heavy atom. The molecule has 1 aromatic carbocycles. The van der Waals surface area contributed by atoms with Gasteiger partial charge in [0.05, 0.1) is 18.5 Å². The first kappa shape index (κ1) is 23.6. The van der Waals surface area contributed by atoms with Gasteiger partial charge in [-0.25, -0.2) is 19.5 Å². The molecule has 0 bridgehead atoms. The van der Waals surface area contributed by atoms with Gasteiger partial charge in [0.1, 0.15) is 41.7 Å². The number of nitrogens with zero attached hydrogens (tertiary/aromatic N) is 3. The molecule has 178 valence electrons. The number of anilines is 1. The van der Waals surface area contributed by atoms with E-state index in [1.165, 1.54) is 24.8 Å². The number of phenols is 1. The minimum atomic E-state index is -4.81. The van der Waals surface area contributed by atoms with Gasteiger partial charge in [0.15, 0.2) is 11.5 Å². The second-order valence-electron chi connectivity index (χ2n) is 7.01. The fourth-order valence-corrected chi connectivity index (χ4v) is 3.74. The summed E-state index contributed by atoms with van der Waals surface area (Å²) in [6.07, 6.45) is -3.08. The van der Waals surface area contributed by atoms with Crippen LogP contribution in [0.4, 0.5) is 5.82 Å². The number of imidazole rings is 1. The van der Waals surface area contributed by atoms with Crippen molar-refractivity contribution in [2.75, 3.05) is 11.9 Å². The highest BCUT2D eigenvalue weighted by Gasteiger charge is 2.45. The van der Waals surface area contributed by atoms with Gasteiger partial charge in [0.2, 0.25) is 6.29 Å². The van der Waals surface area contributed by atoms with Crippen LogP contribution in [-0.4, -0.2) is 76.3 Å². The smallest absolute Gasteiger partial charge is 0.469 e. The number of aliphatic hydroxyl groups is 2. The van der Waals surface area contributed by atoms with Gasteiger partial charge >= 0.3 is 7.82 Å². The first-order valence-corrected chi connectivity index (χ1v) is 11.3. The quantitative estimate of drug-likeness (QED) is 0.206. The number of aromatic hydroxyl groups is 1. The number of H-pyrrole nitrogens is 1. The van der Waals surface area contributed by atoms with Gasteiger partial charge in [0, 0.05) is 11.6 Å². The molecule has 1 unspecified atom stereocenters. The van der Waals surface area contributed by atoms with Crippen molar-refractivity contribution in [3.05, 3.63) is 35.4 Å². The zero-order valence-corrected chi connectivity index (χ0v) is 18.2. The van der Waals surface area contributed by atoms with Crippen LogP contribution < -0.4 is 10.1 Å². The number of fused-ring (bicyclic) bond motifs is 1. The summed E-state index contributed by atoms with van der Waals surface area (Å²) in [5, 5.41) is 33.9. The third-order valence-electron chi connectivity index (χ3n) is 4.77. The molecule has 1 fully saturated rings. The minimum Gasteiger partial charge on any atom is -0.507 e. The van der Waals surface area contributed by atoms with Crippen LogP contribution in [0.3, 0.4) is 0 Å². The van der Waals surface area contributed by atoms with Crippen molar-refractivity contribution in [2.45, 2.75) is 31.1 Å². The highest BCUT2D eigenvalue weighted by Crippen LogP contribution is 2.38. The molecule has 0 radical (unpaired) electrons. The van der Waals surface area contributed by atoms with Crippen LogP contribution in [0.2, 0.25) is 5.02 Å². The lowest BCUT2D eigenvalue weighted by molar-refractivity contribution is -0.116. The maximum absolute atomic E-state index is 10.9. The largest absolute Gasteiger partial charge is 0.507 e. The van der Waals surface area contributed by atoms with E-state index < -0.39 is 39.0 Å². The molecule has 0 amide bonds. The van der Waals surface area contributed by atoms with Crippen molar-refractivity contribution < 1.29 is 43.7 Å². The first-order valence-electron chi connectivity index (χ1n) is 9.40. The number of halogens is 1. The van der Waals surface area contributed by atoms with Crippen LogP contribution in [-0.2, 0) is 20.4 Å². The second-order valence-corrected chi connectivity index (χ2v) is 8.68. The van der Waals surface area contributed by atoms with Gasteiger partial charge in [-0.05, 0) is 12.1 Å². The molecule has 0 spiro atoms. The summed E-state index contributed by atoms with van der Waals surface area (Å²) < 4.78 is 26.2. The third-order valence-corrected chi connectivity index (χ3v) is 5.48. The lowest BCUT2D eigenvalue weighted by Gasteiger charge is -2.20. The standard InChI is InChI=1S/C17H19ClN5O9P/c18-7-1-9(24)8(3-19-15-12-16(21-5-20-12)23-6-22-15)10(2-7)31-17-14(26)13(25)11(32-17)4-30-33(27,28)29/h1-2,5-6,11,13-14,17,24-26H,3-4H2,(H2,27,28,29)(H2,19,20,21,22,23)/t11-,13-,14-,17?/m1/s1. The lowest BCUT2D eigenvalue weighted by atomic mass is 10.1. The number of benzene rings is 1. The number of aromatic amines is 1. The number of phenolic OH excluding ortho intramolecular Hbond substituents is 1. The average molecular weight is 504 g/mol. The molecule has 1 aliphatic rings. The van der Waals surface area contributed by atoms with Crippen molar-refractivity contribution in [3.8, 4) is 11.5 Å². The van der Waals surface area contributed by atoms with Crippen LogP contribution in [0.1, 0.15) is 5.56 Å². The third kappa shape index (κ3) is 5.34. The topological polar surface area (TPSA) is 212 Å². The van der Waals surface area contributed by atoms with Crippen molar-refractivity contribution in [3.63, 3.8) is 0 Å². The Morgan fingerprint density at radius 2 is 2.00 bits per heavy atom. The molecular weight excluding hydrogens is 485 g/mol. The molecule has 2 aromatic heterocycles. The molecule has 1 aliphatic heterocycles. The van der Waals surface area contributed by atoms with E-state index in [2.05, 4.69) is 29.8 Å². The van der Waals surface area contributed by atoms with Gasteiger partial charge in [-0.1, -0.05) is 11.6 Å². The summed E-state index contributed by atoms with van der Waals surface area (Å²) in [5.74, 6) is 0.199. The first-order chi connectivity index (χ1) is 15.6. The average Bonchev–Trinajstić information content (AvgIpc) is 3.32. The number of phosphoric ester groups is 1. The molecule has 14 nitrogen and oxygen atoms in total. The molecule has 0 aliphatic carbocycles. The summed E-state index contributed by atoms with van der Waals surface area (Å²) >= 11 is 6.03. The summed E-state index contributed by atoms with van der Waals surface area (Å²) in [4.78, 5) is 32.7. The van der Waals surface area contributed by atoms with Crippen LogP contribution in [0, 0.1) is 0 Å². The van der Waals surface area contributed by atoms with Gasteiger partial charge in [-0.15, -0.1) is 0 Å². The zero-order valence-electron chi connectivity index (χ0n) is 16.6. The van der Waals surface area contributed by atoms with Crippen LogP contribution >= 0.6 is 19.4 Å². The SMILES string of the molecule is O=P(O)(O)OC[C@H]1OC(Oc2cc(Cl)cc(O)c2CNc2ncnc3nc[nH]c23)[C@H](O)[C@@H]1O. The van der Waals surface area contributed by atoms with Crippen LogP contribution in [0.25, 0.3) is 11.2 Å². The number of rotatable bonds is 8. The number of aliphatic hydroxyl groups excluding tert-OH is 2. The van der Waals surface area contributed by atoms with Crippen molar-refractivity contribution >= 4 is 36.4 Å². The zero-order chi connectivity index (χ0) is 23.8. The van der Waals surface area contributed by atoms with Crippen molar-refractivity contribution in [2.24, 2.45) is 0 Å². The Kier molecular flexibility index (Phi) is 6.70. The predicted molar refractivity (Wildman–Crippen MR) is 111 cm³/mol. The number of aromatic nitrogens is 4. The van der Waals surface area contributed by atoms with Gasteiger partial charge in [-0.3, -0.25) is 4.52 Å². The van der Waals surface area contributed by atoms with Crippen molar-refractivity contribution in [1.82, 2.24) is 19.9 Å². The van der Waals surface area contributed by atoms with Crippen LogP contribution in [0.5, 0.6) is 11.5 Å². The number of phosphoric acid groups is 1. The normalized spacial score (nSPS) is 23.2. The van der Waals surface area contributed by atoms with Crippen LogP contribution in [0.15, 0.2) is 24.8 Å². The molecule has 4 atom stereocenters. The lowest BCUT2D eigenvalue weighted by Crippen LogP contribution is -2.36. The predicted octanol–water partition coefficient (Wildman–Crippen LogP) is 0.259. The Balaban J connectivity index is 1.52. The maximum Gasteiger partial charge on any atom is 0.469 e. The van der Waals surface area contributed by atoms with E-state index in [1.807, 2.05) is 0 Å². The molecule has 0 saturated carbocycles. The van der Waals surface area contributed by atoms with Gasteiger partial charge in [0.25, 0.3) is 0 Å². The van der Waals surface area contributed by atoms with E-state index in [0.717, 1.165) is 0 Å². The van der Waals surface area contributed by atoms with E-state index in [1.54, 1.807) is 0 Å². The molecular formula is C17H19ClN5O9P. The van der Waals surface area contributed by atoms with E-state index in [9.17, 15) is 19.9 Å². The number of hydrogen-bond donors (Lipinski definition) is 7. The number of hydrogen-bond acceptors (Lipinski definition) is 11. The Morgan fingerprint density at radius 1 is 1.21 bits per heavy atom. The minimum absolute atomic E-state index is 0.000413. The summed E-state index contributed by atoms with van der Waals surface area (Å²) in [6, 6.07) is 2.65. The highest BCUT2D eigenvalue weighted by atomic mass is 35.5. The number of ether oxygens (including phenoxy) is 2. The van der Waals surface area contributed by atoms with E-state index in [4.69, 9.17) is 30.9 Å². The van der Waals surface area contributed by atoms with E-state index in [-0.39, 0.29) is 28.6 Å². The monoisotopic (exact) mass is 503 g/mol. The Labute approximate surface area is 190 Å². The van der Waals surface area contributed by atoms with Gasteiger partial charge < -0.3 is 44.9 Å². The molecule has 4 rings (SSSR count). The Bertz CT molecular complexity index is 1190. The summed E-state index contributed by atoms with van der Waals surface area (Å²) in [5.41, 5.74) is 1.20. The van der Waals surface area contributed by atoms with E-state index >= 15 is 0 Å². The Hall–Kier alpha value is -2.55. The number of nitrogens with one attached hydrogen (secondary N) is 2. The molecule has 3 heterocycles. The molecule has 1 saturated heterocycles. The molecule has 33 heavy (non-hydrogen) atoms. The molecule has 7 N–H and O–H groups in total. The van der Waals surface area contributed by atoms with Crippen molar-refractivity contribution in [1.29, 1.82) is 0 Å². The fraction of sp³-hybridized carbons (Fsp3) is 0.353. The molecule has 16 heteroatoms.